The molecule has 0 atom stereocenters. The highest BCUT2D eigenvalue weighted by atomic mass is 31.1. The van der Waals surface area contributed by atoms with Crippen LogP contribution in [0, 0.1) is 5.41 Å². The first-order chi connectivity index (χ1) is 11.7. The van der Waals surface area contributed by atoms with E-state index in [9.17, 15) is 0 Å². The Kier molecular flexibility index (Phi) is 10.00. The van der Waals surface area contributed by atoms with Crippen molar-refractivity contribution in [2.24, 2.45) is 5.41 Å². The third-order valence-corrected chi connectivity index (χ3v) is 3.79. The van der Waals surface area contributed by atoms with Crippen LogP contribution in [-0.4, -0.2) is 46.9 Å². The first-order valence-corrected chi connectivity index (χ1v) is 8.13. The molecule has 2 aromatic rings. The van der Waals surface area contributed by atoms with Crippen LogP contribution in [0.1, 0.15) is 0 Å². The molecule has 0 spiro atoms. The number of para-hydroxylation sites is 2. The molecule has 2 rings (SSSR count). The van der Waals surface area contributed by atoms with Gasteiger partial charge in [0.25, 0.3) is 9.03 Å². The molecule has 0 unspecified atom stereocenters. The van der Waals surface area contributed by atoms with Gasteiger partial charge in [-0.05, 0) is 24.3 Å². The molecule has 0 amide bonds. The summed E-state index contributed by atoms with van der Waals surface area (Å²) in [7, 11) is -0.0129. The highest BCUT2D eigenvalue weighted by Crippen LogP contribution is 2.23. The molecule has 0 fully saturated rings. The number of aliphatic hydroxyl groups is 4. The summed E-state index contributed by atoms with van der Waals surface area (Å²) < 4.78 is 10.8. The zero-order valence-electron chi connectivity index (χ0n) is 13.2. The molecule has 6 nitrogen and oxygen atoms in total. The van der Waals surface area contributed by atoms with Gasteiger partial charge in [0, 0.05) is 0 Å². The van der Waals surface area contributed by atoms with Crippen molar-refractivity contribution >= 4 is 9.03 Å². The van der Waals surface area contributed by atoms with Crippen molar-refractivity contribution in [1.29, 1.82) is 0 Å². The average Bonchev–Trinajstić information content (AvgIpc) is 2.66. The van der Waals surface area contributed by atoms with Gasteiger partial charge in [0.2, 0.25) is 0 Å². The van der Waals surface area contributed by atoms with Crippen LogP contribution in [0.2, 0.25) is 0 Å². The molecule has 0 aromatic heterocycles. The van der Waals surface area contributed by atoms with Gasteiger partial charge in [-0.25, -0.2) is 0 Å². The molecule has 0 saturated carbocycles. The second kappa shape index (κ2) is 11.8. The number of hydrogen-bond donors (Lipinski definition) is 4. The highest BCUT2D eigenvalue weighted by molar-refractivity contribution is 7.27. The number of rotatable bonds is 8. The van der Waals surface area contributed by atoms with Gasteiger partial charge in [0.05, 0.1) is 31.8 Å². The fraction of sp³-hybridized carbons (Fsp3) is 0.294. The van der Waals surface area contributed by atoms with Gasteiger partial charge < -0.3 is 29.5 Å². The van der Waals surface area contributed by atoms with Gasteiger partial charge >= 0.3 is 0 Å². The van der Waals surface area contributed by atoms with Crippen LogP contribution < -0.4 is 9.05 Å². The fourth-order valence-corrected chi connectivity index (χ4v) is 1.90. The van der Waals surface area contributed by atoms with Crippen LogP contribution in [0.15, 0.2) is 60.7 Å². The van der Waals surface area contributed by atoms with E-state index in [1.165, 1.54) is 0 Å². The standard InChI is InChI=1S/C12H11O2P.C5H12O4/c1-3-7-11(8-4-1)13-15-14-12-9-5-2-6-10-12;6-1-5(2-7,3-8)4-9/h1-10,15H;6-9H,1-4H2. The summed E-state index contributed by atoms with van der Waals surface area (Å²) in [6.45, 7) is -1.62. The number of hydrogen-bond acceptors (Lipinski definition) is 6. The van der Waals surface area contributed by atoms with E-state index in [-0.39, 0.29) is 9.03 Å². The lowest BCUT2D eigenvalue weighted by Gasteiger charge is -2.23. The van der Waals surface area contributed by atoms with E-state index in [1.54, 1.807) is 0 Å². The van der Waals surface area contributed by atoms with Crippen molar-refractivity contribution in [2.45, 2.75) is 0 Å². The topological polar surface area (TPSA) is 99.4 Å². The summed E-state index contributed by atoms with van der Waals surface area (Å²) in [5.74, 6) is 1.65. The first-order valence-electron chi connectivity index (χ1n) is 7.32. The average molecular weight is 354 g/mol. The molecule has 2 aromatic carbocycles. The van der Waals surface area contributed by atoms with E-state index in [2.05, 4.69) is 0 Å². The molecule has 0 aliphatic carbocycles. The third-order valence-electron chi connectivity index (χ3n) is 3.15. The largest absolute Gasteiger partial charge is 0.441 e. The normalized spacial score (nSPS) is 10.5. The van der Waals surface area contributed by atoms with Gasteiger partial charge in [-0.15, -0.1) is 0 Å². The minimum atomic E-state index is -1.11. The van der Waals surface area contributed by atoms with Crippen molar-refractivity contribution in [3.05, 3.63) is 60.7 Å². The lowest BCUT2D eigenvalue weighted by atomic mass is 9.93. The first kappa shape index (κ1) is 20.4. The molecule has 0 heterocycles. The molecule has 0 aliphatic heterocycles. The summed E-state index contributed by atoms with van der Waals surface area (Å²) in [6, 6.07) is 19.3. The zero-order valence-corrected chi connectivity index (χ0v) is 14.2. The molecule has 0 saturated heterocycles. The predicted molar refractivity (Wildman–Crippen MR) is 93.2 cm³/mol. The Hall–Kier alpha value is -1.69. The molecule has 0 bridgehead atoms. The Labute approximate surface area is 143 Å². The Morgan fingerprint density at radius 2 is 0.958 bits per heavy atom. The number of aliphatic hydroxyl groups excluding tert-OH is 4. The van der Waals surface area contributed by atoms with E-state index >= 15 is 0 Å². The molecule has 0 radical (unpaired) electrons. The third kappa shape index (κ3) is 7.25. The van der Waals surface area contributed by atoms with Gasteiger partial charge in [-0.3, -0.25) is 0 Å². The molecular weight excluding hydrogens is 331 g/mol. The van der Waals surface area contributed by atoms with E-state index in [0.717, 1.165) is 11.5 Å². The molecule has 0 aliphatic rings. The Bertz CT molecular complexity index is 476. The van der Waals surface area contributed by atoms with E-state index in [0.29, 0.717) is 0 Å². The van der Waals surface area contributed by atoms with Crippen LogP contribution in [0.3, 0.4) is 0 Å². The summed E-state index contributed by atoms with van der Waals surface area (Å²) in [5, 5.41) is 34.0. The Balaban J connectivity index is 0.000000277. The maximum atomic E-state index is 8.50. The molecule has 24 heavy (non-hydrogen) atoms. The number of benzene rings is 2. The van der Waals surface area contributed by atoms with Crippen molar-refractivity contribution < 1.29 is 29.5 Å². The summed E-state index contributed by atoms with van der Waals surface area (Å²) >= 11 is 0. The van der Waals surface area contributed by atoms with Gasteiger partial charge in [0.1, 0.15) is 11.5 Å². The molecule has 7 heteroatoms. The zero-order chi connectivity index (χ0) is 17.7. The van der Waals surface area contributed by atoms with Crippen LogP contribution in [0.5, 0.6) is 11.5 Å². The predicted octanol–water partition coefficient (Wildman–Crippen LogP) is 1.59. The van der Waals surface area contributed by atoms with Crippen LogP contribution in [0.25, 0.3) is 0 Å². The molecular formula is C17H23O6P. The van der Waals surface area contributed by atoms with Crippen LogP contribution in [0.4, 0.5) is 0 Å². The smallest absolute Gasteiger partial charge is 0.275 e. The van der Waals surface area contributed by atoms with Gasteiger partial charge in [-0.2, -0.15) is 0 Å². The molecule has 4 N–H and O–H groups in total. The van der Waals surface area contributed by atoms with Crippen molar-refractivity contribution in [1.82, 2.24) is 0 Å². The monoisotopic (exact) mass is 354 g/mol. The van der Waals surface area contributed by atoms with Gasteiger partial charge in [-0.1, -0.05) is 36.4 Å². The van der Waals surface area contributed by atoms with E-state index in [4.69, 9.17) is 29.5 Å². The minimum Gasteiger partial charge on any atom is -0.441 e. The highest BCUT2D eigenvalue weighted by Gasteiger charge is 2.26. The second-order valence-corrected chi connectivity index (χ2v) is 5.62. The maximum Gasteiger partial charge on any atom is 0.275 e. The molecule has 132 valence electrons. The summed E-state index contributed by atoms with van der Waals surface area (Å²) in [4.78, 5) is 0. The quantitative estimate of drug-likeness (QED) is 0.538. The second-order valence-electron chi connectivity index (χ2n) is 5.05. The fourth-order valence-electron chi connectivity index (χ4n) is 1.39. The van der Waals surface area contributed by atoms with E-state index in [1.807, 2.05) is 60.7 Å². The Morgan fingerprint density at radius 3 is 1.21 bits per heavy atom. The van der Waals surface area contributed by atoms with Crippen LogP contribution >= 0.6 is 9.03 Å². The lowest BCUT2D eigenvalue weighted by Crippen LogP contribution is -2.37. The van der Waals surface area contributed by atoms with E-state index < -0.39 is 31.8 Å². The minimum absolute atomic E-state index is 0.0129. The van der Waals surface area contributed by atoms with Crippen molar-refractivity contribution in [3.63, 3.8) is 0 Å². The van der Waals surface area contributed by atoms with Gasteiger partial charge in [0.15, 0.2) is 0 Å². The van der Waals surface area contributed by atoms with Crippen molar-refractivity contribution in [3.8, 4) is 11.5 Å². The summed E-state index contributed by atoms with van der Waals surface area (Å²) in [6.07, 6.45) is 0. The lowest BCUT2D eigenvalue weighted by molar-refractivity contribution is -0.0328. The van der Waals surface area contributed by atoms with Crippen LogP contribution in [-0.2, 0) is 0 Å². The SMILES string of the molecule is OCC(CO)(CO)CO.c1ccc(OPOc2ccccc2)cc1. The maximum absolute atomic E-state index is 8.50. The van der Waals surface area contributed by atoms with Crippen molar-refractivity contribution in [2.75, 3.05) is 26.4 Å². The summed E-state index contributed by atoms with van der Waals surface area (Å²) in [5.41, 5.74) is -1.11. The Morgan fingerprint density at radius 1 is 0.625 bits per heavy atom.